The molecule has 0 amide bonds. The van der Waals surface area contributed by atoms with Crippen LogP contribution in [0.5, 0.6) is 0 Å². The van der Waals surface area contributed by atoms with Gasteiger partial charge >= 0.3 is 0 Å². The highest BCUT2D eigenvalue weighted by Crippen LogP contribution is 2.23. The molecule has 2 N–H and O–H groups in total. The number of hydrogen-bond acceptors (Lipinski definition) is 6. The van der Waals surface area contributed by atoms with E-state index < -0.39 is 10.0 Å². The van der Waals surface area contributed by atoms with Crippen molar-refractivity contribution in [3.63, 3.8) is 0 Å². The summed E-state index contributed by atoms with van der Waals surface area (Å²) in [5.74, 6) is 0. The van der Waals surface area contributed by atoms with E-state index in [1.807, 2.05) is 10.8 Å². The van der Waals surface area contributed by atoms with Crippen molar-refractivity contribution in [2.24, 2.45) is 0 Å². The van der Waals surface area contributed by atoms with E-state index in [9.17, 15) is 8.42 Å². The van der Waals surface area contributed by atoms with Gasteiger partial charge in [0.05, 0.1) is 5.01 Å². The molecule has 1 fully saturated rings. The Bertz CT molecular complexity index is 675. The van der Waals surface area contributed by atoms with E-state index in [-0.39, 0.29) is 0 Å². The van der Waals surface area contributed by atoms with Gasteiger partial charge in [0.2, 0.25) is 10.0 Å². The smallest absolute Gasteiger partial charge is 0.250 e. The predicted molar refractivity (Wildman–Crippen MR) is 85.2 cm³/mol. The maximum atomic E-state index is 12.2. The van der Waals surface area contributed by atoms with Gasteiger partial charge in [0.1, 0.15) is 4.21 Å². The maximum absolute atomic E-state index is 12.2. The summed E-state index contributed by atoms with van der Waals surface area (Å²) in [5, 5.41) is 8.13. The molecule has 0 unspecified atom stereocenters. The Morgan fingerprint density at radius 2 is 2.19 bits per heavy atom. The monoisotopic (exact) mass is 343 g/mol. The topological polar surface area (TPSA) is 71.1 Å². The molecule has 5 nitrogen and oxygen atoms in total. The number of aromatic nitrogens is 1. The largest absolute Gasteiger partial charge is 0.310 e. The molecule has 2 aromatic heterocycles. The fraction of sp³-hybridized carbons (Fsp3) is 0.462. The molecule has 0 bridgehead atoms. The van der Waals surface area contributed by atoms with Crippen molar-refractivity contribution in [3.05, 3.63) is 33.6 Å². The summed E-state index contributed by atoms with van der Waals surface area (Å²) in [6, 6.07) is 2.38. The van der Waals surface area contributed by atoms with Gasteiger partial charge in [-0.15, -0.1) is 22.7 Å². The standard InChI is InChI=1S/C13H17N3O2S3/c17-21(18,16-4-3-12-14-5-6-19-12)13-7-10(9-20-13)8-15-11-1-2-11/h5-7,9,11,15-16H,1-4,8H2. The van der Waals surface area contributed by atoms with Gasteiger partial charge < -0.3 is 5.32 Å². The molecule has 2 heterocycles. The molecule has 0 aromatic carbocycles. The third-order valence-corrected chi connectivity index (χ3v) is 6.97. The fourth-order valence-corrected chi connectivity index (χ4v) is 4.78. The second-order valence-corrected chi connectivity index (χ2v) is 8.89. The van der Waals surface area contributed by atoms with Crippen LogP contribution in [0.2, 0.25) is 0 Å². The summed E-state index contributed by atoms with van der Waals surface area (Å²) in [4.78, 5) is 4.14. The zero-order valence-electron chi connectivity index (χ0n) is 11.4. The van der Waals surface area contributed by atoms with Crippen LogP contribution < -0.4 is 10.0 Å². The summed E-state index contributed by atoms with van der Waals surface area (Å²) in [6.07, 6.45) is 4.81. The quantitative estimate of drug-likeness (QED) is 0.769. The second kappa shape index (κ2) is 6.53. The number of nitrogens with zero attached hydrogens (tertiary/aromatic N) is 1. The van der Waals surface area contributed by atoms with E-state index in [4.69, 9.17) is 0 Å². The maximum Gasteiger partial charge on any atom is 0.250 e. The molecule has 0 atom stereocenters. The lowest BCUT2D eigenvalue weighted by Crippen LogP contribution is -2.25. The van der Waals surface area contributed by atoms with Crippen LogP contribution in [0.15, 0.2) is 27.2 Å². The van der Waals surface area contributed by atoms with Crippen LogP contribution in [-0.2, 0) is 23.0 Å². The fourth-order valence-electron chi connectivity index (χ4n) is 1.88. The van der Waals surface area contributed by atoms with Crippen molar-refractivity contribution in [1.29, 1.82) is 0 Å². The minimum Gasteiger partial charge on any atom is -0.310 e. The average Bonchev–Trinajstić information content (AvgIpc) is 2.93. The van der Waals surface area contributed by atoms with Gasteiger partial charge in [-0.3, -0.25) is 0 Å². The third kappa shape index (κ3) is 4.33. The normalized spacial score (nSPS) is 15.4. The highest BCUT2D eigenvalue weighted by molar-refractivity contribution is 7.91. The van der Waals surface area contributed by atoms with Gasteiger partial charge in [-0.1, -0.05) is 0 Å². The molecule has 0 radical (unpaired) electrons. The Labute approximate surface area is 132 Å². The predicted octanol–water partition coefficient (Wildman–Crippen LogP) is 1.98. The van der Waals surface area contributed by atoms with Crippen molar-refractivity contribution in [2.75, 3.05) is 6.54 Å². The first-order valence-corrected chi connectivity index (χ1v) is 10.1. The SMILES string of the molecule is O=S(=O)(NCCc1nccs1)c1cc(CNC2CC2)cs1. The van der Waals surface area contributed by atoms with Gasteiger partial charge in [0.15, 0.2) is 0 Å². The van der Waals surface area contributed by atoms with Gasteiger partial charge in [-0.25, -0.2) is 18.1 Å². The lowest BCUT2D eigenvalue weighted by Gasteiger charge is -2.03. The van der Waals surface area contributed by atoms with Crippen molar-refractivity contribution in [2.45, 2.75) is 36.1 Å². The van der Waals surface area contributed by atoms with E-state index >= 15 is 0 Å². The Balaban J connectivity index is 1.53. The van der Waals surface area contributed by atoms with Crippen LogP contribution in [0.4, 0.5) is 0 Å². The molecule has 0 spiro atoms. The molecule has 21 heavy (non-hydrogen) atoms. The Morgan fingerprint density at radius 1 is 1.33 bits per heavy atom. The van der Waals surface area contributed by atoms with Crippen LogP contribution in [0.3, 0.4) is 0 Å². The van der Waals surface area contributed by atoms with Crippen molar-refractivity contribution < 1.29 is 8.42 Å². The van der Waals surface area contributed by atoms with Crippen molar-refractivity contribution in [1.82, 2.24) is 15.0 Å². The molecule has 1 aliphatic carbocycles. The molecular formula is C13H17N3O2S3. The van der Waals surface area contributed by atoms with Crippen LogP contribution in [0.1, 0.15) is 23.4 Å². The summed E-state index contributed by atoms with van der Waals surface area (Å²) in [5.41, 5.74) is 1.03. The van der Waals surface area contributed by atoms with E-state index in [2.05, 4.69) is 15.0 Å². The molecule has 114 valence electrons. The van der Waals surface area contributed by atoms with Crippen LogP contribution in [-0.4, -0.2) is 26.0 Å². The van der Waals surface area contributed by atoms with Crippen LogP contribution in [0.25, 0.3) is 0 Å². The first kappa shape index (κ1) is 15.1. The van der Waals surface area contributed by atoms with E-state index in [0.29, 0.717) is 23.2 Å². The molecule has 1 saturated carbocycles. The average molecular weight is 343 g/mol. The van der Waals surface area contributed by atoms with Gasteiger partial charge in [0, 0.05) is 37.1 Å². The summed E-state index contributed by atoms with van der Waals surface area (Å²) in [7, 11) is -3.40. The lowest BCUT2D eigenvalue weighted by molar-refractivity contribution is 0.583. The highest BCUT2D eigenvalue weighted by atomic mass is 32.2. The van der Waals surface area contributed by atoms with Gasteiger partial charge in [0.25, 0.3) is 0 Å². The lowest BCUT2D eigenvalue weighted by atomic mass is 10.3. The number of sulfonamides is 1. The highest BCUT2D eigenvalue weighted by Gasteiger charge is 2.21. The summed E-state index contributed by atoms with van der Waals surface area (Å²) in [6.45, 7) is 1.12. The zero-order valence-corrected chi connectivity index (χ0v) is 13.9. The Kier molecular flexibility index (Phi) is 4.70. The Morgan fingerprint density at radius 3 is 2.90 bits per heavy atom. The van der Waals surface area contributed by atoms with Gasteiger partial charge in [-0.05, 0) is 29.9 Å². The van der Waals surface area contributed by atoms with E-state index in [1.54, 1.807) is 12.3 Å². The molecule has 8 heteroatoms. The van der Waals surface area contributed by atoms with Crippen molar-refractivity contribution in [3.8, 4) is 0 Å². The second-order valence-electron chi connectivity index (χ2n) is 5.00. The van der Waals surface area contributed by atoms with E-state index in [0.717, 1.165) is 17.1 Å². The molecule has 2 aromatic rings. The molecule has 3 rings (SSSR count). The first-order chi connectivity index (χ1) is 10.1. The minimum absolute atomic E-state index is 0.378. The molecule has 0 aliphatic heterocycles. The number of rotatable bonds is 8. The van der Waals surface area contributed by atoms with E-state index in [1.165, 1.54) is 35.5 Å². The first-order valence-electron chi connectivity index (χ1n) is 6.82. The van der Waals surface area contributed by atoms with Gasteiger partial charge in [-0.2, -0.15) is 0 Å². The van der Waals surface area contributed by atoms with Crippen LogP contribution >= 0.6 is 22.7 Å². The zero-order chi connectivity index (χ0) is 14.7. The number of nitrogens with one attached hydrogen (secondary N) is 2. The summed E-state index contributed by atoms with van der Waals surface area (Å²) < 4.78 is 27.4. The molecule has 1 aliphatic rings. The van der Waals surface area contributed by atoms with Crippen molar-refractivity contribution >= 4 is 32.7 Å². The number of thiazole rings is 1. The van der Waals surface area contributed by atoms with Crippen LogP contribution in [0, 0.1) is 0 Å². The molecule has 0 saturated heterocycles. The molecular weight excluding hydrogens is 326 g/mol. The minimum atomic E-state index is -3.40. The summed E-state index contributed by atoms with van der Waals surface area (Å²) >= 11 is 2.81. The number of thiophene rings is 1. The number of hydrogen-bond donors (Lipinski definition) is 2. The third-order valence-electron chi connectivity index (χ3n) is 3.18. The Hall–Kier alpha value is -0.800.